The minimum atomic E-state index is 0.226. The van der Waals surface area contributed by atoms with Crippen molar-refractivity contribution in [2.75, 3.05) is 6.54 Å². The number of benzene rings is 1. The number of nitrogens with zero attached hydrogens (tertiary/aromatic N) is 2. The minimum Gasteiger partial charge on any atom is -0.339 e. The molecule has 0 radical (unpaired) electrons. The second-order valence-electron chi connectivity index (χ2n) is 5.48. The topological polar surface area (TPSA) is 33.2 Å². The van der Waals surface area contributed by atoms with Gasteiger partial charge in [0.1, 0.15) is 5.01 Å². The van der Waals surface area contributed by atoms with E-state index in [2.05, 4.69) is 24.0 Å². The molecule has 2 aromatic rings. The van der Waals surface area contributed by atoms with Gasteiger partial charge in [0.25, 0.3) is 0 Å². The maximum Gasteiger partial charge on any atom is 0.228 e. The van der Waals surface area contributed by atoms with E-state index in [1.807, 2.05) is 28.5 Å². The van der Waals surface area contributed by atoms with Gasteiger partial charge in [-0.15, -0.1) is 11.3 Å². The third-order valence-corrected chi connectivity index (χ3v) is 5.01. The van der Waals surface area contributed by atoms with Crippen molar-refractivity contribution in [3.63, 3.8) is 0 Å². The first kappa shape index (κ1) is 14.3. The molecule has 110 valence electrons. The number of carbonyl (C=O) groups excluding carboxylic acids is 1. The van der Waals surface area contributed by atoms with Crippen molar-refractivity contribution in [3.8, 4) is 10.6 Å². The molecule has 0 N–H and O–H groups in total. The molecule has 0 saturated carbocycles. The Hall–Kier alpha value is -1.68. The van der Waals surface area contributed by atoms with Gasteiger partial charge in [0, 0.05) is 23.5 Å². The number of likely N-dealkylation sites (tertiary alicyclic amines) is 1. The van der Waals surface area contributed by atoms with Crippen molar-refractivity contribution in [2.45, 2.75) is 38.6 Å². The van der Waals surface area contributed by atoms with Crippen molar-refractivity contribution < 1.29 is 4.79 Å². The number of rotatable bonds is 4. The van der Waals surface area contributed by atoms with E-state index in [1.54, 1.807) is 11.3 Å². The summed E-state index contributed by atoms with van der Waals surface area (Å²) in [7, 11) is 0. The maximum atomic E-state index is 12.4. The summed E-state index contributed by atoms with van der Waals surface area (Å²) in [5.74, 6) is 0.226. The molecular formula is C17H20N2OS. The van der Waals surface area contributed by atoms with Crippen LogP contribution in [0.15, 0.2) is 35.7 Å². The summed E-state index contributed by atoms with van der Waals surface area (Å²) in [6.07, 6.45) is 3.77. The van der Waals surface area contributed by atoms with Crippen molar-refractivity contribution >= 4 is 17.2 Å². The van der Waals surface area contributed by atoms with Crippen LogP contribution in [0.2, 0.25) is 0 Å². The van der Waals surface area contributed by atoms with Crippen molar-refractivity contribution in [2.24, 2.45) is 0 Å². The Morgan fingerprint density at radius 2 is 2.19 bits per heavy atom. The second kappa shape index (κ2) is 6.39. The van der Waals surface area contributed by atoms with E-state index in [9.17, 15) is 4.79 Å². The Bertz CT molecular complexity index is 608. The standard InChI is InChI=1S/C17H20N2OS/c1-2-15-9-6-10-19(15)16(20)11-14-12-21-17(18-14)13-7-4-3-5-8-13/h3-5,7-8,12,15H,2,6,9-11H2,1H3. The molecule has 1 aromatic heterocycles. The first-order valence-electron chi connectivity index (χ1n) is 7.57. The normalized spacial score (nSPS) is 18.1. The molecule has 21 heavy (non-hydrogen) atoms. The van der Waals surface area contributed by atoms with Crippen LogP contribution < -0.4 is 0 Å². The minimum absolute atomic E-state index is 0.226. The zero-order chi connectivity index (χ0) is 14.7. The van der Waals surface area contributed by atoms with E-state index in [0.29, 0.717) is 12.5 Å². The van der Waals surface area contributed by atoms with Crippen LogP contribution in [-0.2, 0) is 11.2 Å². The monoisotopic (exact) mass is 300 g/mol. The molecule has 0 aliphatic carbocycles. The predicted octanol–water partition coefficient (Wildman–Crippen LogP) is 3.75. The van der Waals surface area contributed by atoms with Crippen LogP contribution in [0.3, 0.4) is 0 Å². The zero-order valence-corrected chi connectivity index (χ0v) is 13.1. The summed E-state index contributed by atoms with van der Waals surface area (Å²) in [5.41, 5.74) is 2.01. The highest BCUT2D eigenvalue weighted by molar-refractivity contribution is 7.13. The Kier molecular flexibility index (Phi) is 4.34. The van der Waals surface area contributed by atoms with Gasteiger partial charge in [-0.25, -0.2) is 4.98 Å². The molecule has 1 unspecified atom stereocenters. The summed E-state index contributed by atoms with van der Waals surface area (Å²) < 4.78 is 0. The molecule has 1 aromatic carbocycles. The van der Waals surface area contributed by atoms with Crippen LogP contribution in [0.4, 0.5) is 0 Å². The van der Waals surface area contributed by atoms with Crippen LogP contribution in [0, 0.1) is 0 Å². The summed E-state index contributed by atoms with van der Waals surface area (Å²) >= 11 is 1.61. The van der Waals surface area contributed by atoms with Gasteiger partial charge in [0.15, 0.2) is 0 Å². The van der Waals surface area contributed by atoms with E-state index in [4.69, 9.17) is 0 Å². The lowest BCUT2D eigenvalue weighted by Crippen LogP contribution is -2.36. The third-order valence-electron chi connectivity index (χ3n) is 4.07. The lowest BCUT2D eigenvalue weighted by Gasteiger charge is -2.23. The van der Waals surface area contributed by atoms with Gasteiger partial charge in [-0.05, 0) is 19.3 Å². The SMILES string of the molecule is CCC1CCCN1C(=O)Cc1csc(-c2ccccc2)n1. The van der Waals surface area contributed by atoms with E-state index in [1.165, 1.54) is 0 Å². The number of carbonyl (C=O) groups is 1. The average Bonchev–Trinajstić information content (AvgIpc) is 3.16. The van der Waals surface area contributed by atoms with Crippen LogP contribution in [-0.4, -0.2) is 28.4 Å². The molecule has 1 saturated heterocycles. The summed E-state index contributed by atoms with van der Waals surface area (Å²) in [6.45, 7) is 3.07. The molecule has 1 amide bonds. The molecule has 1 atom stereocenters. The molecule has 1 aliphatic heterocycles. The Morgan fingerprint density at radius 3 is 2.95 bits per heavy atom. The Labute approximate surface area is 129 Å². The van der Waals surface area contributed by atoms with Crippen LogP contribution >= 0.6 is 11.3 Å². The van der Waals surface area contributed by atoms with Crippen LogP contribution in [0.25, 0.3) is 10.6 Å². The van der Waals surface area contributed by atoms with Gasteiger partial charge in [0.05, 0.1) is 12.1 Å². The van der Waals surface area contributed by atoms with Gasteiger partial charge in [0.2, 0.25) is 5.91 Å². The molecule has 0 spiro atoms. The average molecular weight is 300 g/mol. The molecule has 2 heterocycles. The van der Waals surface area contributed by atoms with E-state index in [-0.39, 0.29) is 5.91 Å². The number of hydrogen-bond donors (Lipinski definition) is 0. The highest BCUT2D eigenvalue weighted by Gasteiger charge is 2.27. The fourth-order valence-corrected chi connectivity index (χ4v) is 3.77. The van der Waals surface area contributed by atoms with Gasteiger partial charge >= 0.3 is 0 Å². The van der Waals surface area contributed by atoms with Crippen LogP contribution in [0.5, 0.6) is 0 Å². The fourth-order valence-electron chi connectivity index (χ4n) is 2.95. The molecule has 1 aliphatic rings. The van der Waals surface area contributed by atoms with E-state index in [0.717, 1.165) is 42.1 Å². The maximum absolute atomic E-state index is 12.4. The lowest BCUT2D eigenvalue weighted by molar-refractivity contribution is -0.131. The van der Waals surface area contributed by atoms with Gasteiger partial charge in [-0.2, -0.15) is 0 Å². The Balaban J connectivity index is 1.69. The predicted molar refractivity (Wildman–Crippen MR) is 86.3 cm³/mol. The quantitative estimate of drug-likeness (QED) is 0.861. The third kappa shape index (κ3) is 3.16. The highest BCUT2D eigenvalue weighted by atomic mass is 32.1. The smallest absolute Gasteiger partial charge is 0.228 e. The molecular weight excluding hydrogens is 280 g/mol. The van der Waals surface area contributed by atoms with E-state index < -0.39 is 0 Å². The molecule has 1 fully saturated rings. The summed E-state index contributed by atoms with van der Waals surface area (Å²) in [6, 6.07) is 10.6. The van der Waals surface area contributed by atoms with Crippen molar-refractivity contribution in [1.82, 2.24) is 9.88 Å². The van der Waals surface area contributed by atoms with Crippen molar-refractivity contribution in [1.29, 1.82) is 0 Å². The molecule has 4 heteroatoms. The highest BCUT2D eigenvalue weighted by Crippen LogP contribution is 2.25. The zero-order valence-electron chi connectivity index (χ0n) is 12.3. The number of aromatic nitrogens is 1. The Morgan fingerprint density at radius 1 is 1.38 bits per heavy atom. The second-order valence-corrected chi connectivity index (χ2v) is 6.34. The molecule has 3 nitrogen and oxygen atoms in total. The molecule has 0 bridgehead atoms. The van der Waals surface area contributed by atoms with E-state index >= 15 is 0 Å². The first-order chi connectivity index (χ1) is 10.3. The summed E-state index contributed by atoms with van der Waals surface area (Å²) in [4.78, 5) is 19.1. The lowest BCUT2D eigenvalue weighted by atomic mass is 10.1. The van der Waals surface area contributed by atoms with Crippen molar-refractivity contribution in [3.05, 3.63) is 41.4 Å². The van der Waals surface area contributed by atoms with Gasteiger partial charge < -0.3 is 4.90 Å². The number of hydrogen-bond acceptors (Lipinski definition) is 3. The van der Waals surface area contributed by atoms with Gasteiger partial charge in [-0.1, -0.05) is 37.3 Å². The number of amides is 1. The largest absolute Gasteiger partial charge is 0.339 e. The van der Waals surface area contributed by atoms with Gasteiger partial charge in [-0.3, -0.25) is 4.79 Å². The molecule has 3 rings (SSSR count). The first-order valence-corrected chi connectivity index (χ1v) is 8.45. The fraction of sp³-hybridized carbons (Fsp3) is 0.412. The summed E-state index contributed by atoms with van der Waals surface area (Å²) in [5, 5.41) is 3.00. The number of thiazole rings is 1. The van der Waals surface area contributed by atoms with Crippen LogP contribution in [0.1, 0.15) is 31.9 Å².